The van der Waals surface area contributed by atoms with Crippen LogP contribution < -0.4 is 5.32 Å². The molecule has 0 aliphatic carbocycles. The highest BCUT2D eigenvalue weighted by atomic mass is 16.5. The molecule has 5 heteroatoms. The average molecular weight is 257 g/mol. The third-order valence-electron chi connectivity index (χ3n) is 3.39. The van der Waals surface area contributed by atoms with Crippen LogP contribution in [0.1, 0.15) is 19.3 Å². The van der Waals surface area contributed by atoms with Gasteiger partial charge in [0.15, 0.2) is 0 Å². The molecule has 1 fully saturated rings. The van der Waals surface area contributed by atoms with Gasteiger partial charge < -0.3 is 15.0 Å². The molecule has 1 amide bonds. The lowest BCUT2D eigenvalue weighted by Gasteiger charge is -2.25. The normalized spacial score (nSPS) is 19.4. The zero-order chi connectivity index (χ0) is 13.4. The van der Waals surface area contributed by atoms with Crippen LogP contribution >= 0.6 is 0 Å². The average Bonchev–Trinajstić information content (AvgIpc) is 2.84. The summed E-state index contributed by atoms with van der Waals surface area (Å²) >= 11 is 0. The summed E-state index contributed by atoms with van der Waals surface area (Å²) in [5.41, 5.74) is 0. The topological polar surface area (TPSA) is 44.8 Å². The van der Waals surface area contributed by atoms with Crippen molar-refractivity contribution in [3.63, 3.8) is 0 Å². The Kier molecular flexibility index (Phi) is 7.23. The first kappa shape index (κ1) is 15.4. The van der Waals surface area contributed by atoms with E-state index in [4.69, 9.17) is 4.74 Å². The minimum Gasteiger partial charge on any atom is -0.383 e. The van der Waals surface area contributed by atoms with Gasteiger partial charge in [0.2, 0.25) is 5.91 Å². The zero-order valence-electron chi connectivity index (χ0n) is 11.9. The van der Waals surface area contributed by atoms with Gasteiger partial charge in [-0.2, -0.15) is 0 Å². The fraction of sp³-hybridized carbons (Fsp3) is 0.923. The predicted molar refractivity (Wildman–Crippen MR) is 72.7 cm³/mol. The van der Waals surface area contributed by atoms with Crippen LogP contribution in [0.15, 0.2) is 0 Å². The summed E-state index contributed by atoms with van der Waals surface area (Å²) in [5.74, 6) is 0.191. The number of rotatable bonds is 8. The molecule has 1 atom stereocenters. The molecule has 1 saturated heterocycles. The van der Waals surface area contributed by atoms with Gasteiger partial charge in [0.05, 0.1) is 6.61 Å². The first-order valence-electron chi connectivity index (χ1n) is 6.78. The van der Waals surface area contributed by atoms with Gasteiger partial charge in [-0.05, 0) is 19.4 Å². The molecule has 0 bridgehead atoms. The Morgan fingerprint density at radius 1 is 1.39 bits per heavy atom. The summed E-state index contributed by atoms with van der Waals surface area (Å²) in [4.78, 5) is 15.6. The summed E-state index contributed by atoms with van der Waals surface area (Å²) in [6.45, 7) is 4.58. The Bertz CT molecular complexity index is 240. The van der Waals surface area contributed by atoms with Crippen molar-refractivity contribution in [3.05, 3.63) is 0 Å². The molecule has 1 aliphatic heterocycles. The van der Waals surface area contributed by atoms with Crippen LogP contribution in [0.25, 0.3) is 0 Å². The lowest BCUT2D eigenvalue weighted by molar-refractivity contribution is -0.129. The molecule has 1 unspecified atom stereocenters. The van der Waals surface area contributed by atoms with Crippen LogP contribution in [0.2, 0.25) is 0 Å². The molecule has 0 aromatic carbocycles. The van der Waals surface area contributed by atoms with E-state index in [0.717, 1.165) is 32.8 Å². The number of amides is 1. The highest BCUT2D eigenvalue weighted by Crippen LogP contribution is 2.07. The maximum Gasteiger partial charge on any atom is 0.223 e. The minimum absolute atomic E-state index is 0.191. The molecule has 0 saturated carbocycles. The number of carbonyl (C=O) groups excluding carboxylic acids is 1. The van der Waals surface area contributed by atoms with Crippen LogP contribution in [0, 0.1) is 0 Å². The van der Waals surface area contributed by atoms with Gasteiger partial charge in [0, 0.05) is 53.3 Å². The van der Waals surface area contributed by atoms with Gasteiger partial charge in [-0.3, -0.25) is 9.69 Å². The molecule has 18 heavy (non-hydrogen) atoms. The van der Waals surface area contributed by atoms with Crippen molar-refractivity contribution in [2.75, 3.05) is 54.0 Å². The molecule has 0 aromatic heterocycles. The van der Waals surface area contributed by atoms with Crippen molar-refractivity contribution in [2.45, 2.75) is 25.3 Å². The van der Waals surface area contributed by atoms with E-state index in [1.807, 2.05) is 0 Å². The molecule has 5 nitrogen and oxygen atoms in total. The number of methoxy groups -OCH3 is 1. The molecular formula is C13H27N3O2. The monoisotopic (exact) mass is 257 g/mol. The smallest absolute Gasteiger partial charge is 0.223 e. The number of ether oxygens (including phenoxy) is 1. The Hall–Kier alpha value is -0.650. The van der Waals surface area contributed by atoms with E-state index in [1.54, 1.807) is 26.1 Å². The van der Waals surface area contributed by atoms with Crippen LogP contribution in [-0.4, -0.2) is 75.7 Å². The molecule has 0 aromatic rings. The second-order valence-electron chi connectivity index (χ2n) is 5.12. The molecular weight excluding hydrogens is 230 g/mol. The summed E-state index contributed by atoms with van der Waals surface area (Å²) in [6, 6.07) is 0.580. The lowest BCUT2D eigenvalue weighted by Crippen LogP contribution is -2.40. The van der Waals surface area contributed by atoms with Crippen molar-refractivity contribution < 1.29 is 9.53 Å². The lowest BCUT2D eigenvalue weighted by atomic mass is 10.2. The highest BCUT2D eigenvalue weighted by Gasteiger charge is 2.18. The molecule has 0 spiro atoms. The number of nitrogens with one attached hydrogen (secondary N) is 1. The quantitative estimate of drug-likeness (QED) is 0.673. The van der Waals surface area contributed by atoms with E-state index in [9.17, 15) is 4.79 Å². The Morgan fingerprint density at radius 3 is 2.72 bits per heavy atom. The number of hydrogen-bond acceptors (Lipinski definition) is 4. The SMILES string of the molecule is COCCN(CCC(=O)N(C)C)CC1CCCN1. The molecule has 1 aliphatic rings. The highest BCUT2D eigenvalue weighted by molar-refractivity contribution is 5.75. The minimum atomic E-state index is 0.191. The first-order chi connectivity index (χ1) is 8.63. The Morgan fingerprint density at radius 2 is 2.17 bits per heavy atom. The fourth-order valence-corrected chi connectivity index (χ4v) is 2.22. The van der Waals surface area contributed by atoms with Crippen LogP contribution in [0.3, 0.4) is 0 Å². The van der Waals surface area contributed by atoms with E-state index in [1.165, 1.54) is 12.8 Å². The van der Waals surface area contributed by atoms with Gasteiger partial charge >= 0.3 is 0 Å². The van der Waals surface area contributed by atoms with Gasteiger partial charge in [0.1, 0.15) is 0 Å². The van der Waals surface area contributed by atoms with Gasteiger partial charge in [-0.15, -0.1) is 0 Å². The van der Waals surface area contributed by atoms with Gasteiger partial charge in [-0.25, -0.2) is 0 Å². The second kappa shape index (κ2) is 8.45. The van der Waals surface area contributed by atoms with Crippen molar-refractivity contribution in [1.82, 2.24) is 15.1 Å². The maximum absolute atomic E-state index is 11.6. The second-order valence-corrected chi connectivity index (χ2v) is 5.12. The van der Waals surface area contributed by atoms with Crippen LogP contribution in [-0.2, 0) is 9.53 Å². The standard InChI is InChI=1S/C13H27N3O2/c1-15(2)13(17)6-8-16(9-10-18-3)11-12-5-4-7-14-12/h12,14H,4-11H2,1-3H3. The summed E-state index contributed by atoms with van der Waals surface area (Å²) in [7, 11) is 5.33. The molecule has 106 valence electrons. The van der Waals surface area contributed by atoms with Crippen molar-refractivity contribution in [1.29, 1.82) is 0 Å². The van der Waals surface area contributed by atoms with Crippen LogP contribution in [0.5, 0.6) is 0 Å². The van der Waals surface area contributed by atoms with E-state index >= 15 is 0 Å². The van der Waals surface area contributed by atoms with E-state index in [2.05, 4.69) is 10.2 Å². The molecule has 1 heterocycles. The summed E-state index contributed by atoms with van der Waals surface area (Å²) < 4.78 is 5.13. The Labute approximate surface area is 110 Å². The predicted octanol–water partition coefficient (Wildman–Crippen LogP) is 0.165. The molecule has 1 N–H and O–H groups in total. The number of hydrogen-bond donors (Lipinski definition) is 1. The fourth-order valence-electron chi connectivity index (χ4n) is 2.22. The van der Waals surface area contributed by atoms with Gasteiger partial charge in [-0.1, -0.05) is 0 Å². The Balaban J connectivity index is 2.31. The van der Waals surface area contributed by atoms with Crippen molar-refractivity contribution in [3.8, 4) is 0 Å². The zero-order valence-corrected chi connectivity index (χ0v) is 11.9. The van der Waals surface area contributed by atoms with Crippen molar-refractivity contribution >= 4 is 5.91 Å². The van der Waals surface area contributed by atoms with Gasteiger partial charge in [0.25, 0.3) is 0 Å². The summed E-state index contributed by atoms with van der Waals surface area (Å²) in [6.07, 6.45) is 3.09. The molecule has 0 radical (unpaired) electrons. The number of nitrogens with zero attached hydrogens (tertiary/aromatic N) is 2. The van der Waals surface area contributed by atoms with Crippen LogP contribution in [0.4, 0.5) is 0 Å². The molecule has 1 rings (SSSR count). The largest absolute Gasteiger partial charge is 0.383 e. The van der Waals surface area contributed by atoms with Crippen molar-refractivity contribution in [2.24, 2.45) is 0 Å². The maximum atomic E-state index is 11.6. The third-order valence-corrected chi connectivity index (χ3v) is 3.39. The first-order valence-corrected chi connectivity index (χ1v) is 6.78. The van der Waals surface area contributed by atoms with E-state index < -0.39 is 0 Å². The van der Waals surface area contributed by atoms with E-state index in [-0.39, 0.29) is 5.91 Å². The third kappa shape index (κ3) is 5.80. The van der Waals surface area contributed by atoms with E-state index in [0.29, 0.717) is 12.5 Å². The number of carbonyl (C=O) groups is 1. The summed E-state index contributed by atoms with van der Waals surface area (Å²) in [5, 5.41) is 3.50.